The summed E-state index contributed by atoms with van der Waals surface area (Å²) in [6.45, 7) is 8.81. The van der Waals surface area contributed by atoms with E-state index in [1.54, 1.807) is 0 Å². The molecule has 1 unspecified atom stereocenters. The molecule has 0 bridgehead atoms. The van der Waals surface area contributed by atoms with Gasteiger partial charge in [0.2, 0.25) is 0 Å². The zero-order valence-corrected chi connectivity index (χ0v) is 10.6. The molecule has 0 aromatic carbocycles. The maximum absolute atomic E-state index is 4.44. The fourth-order valence-corrected chi connectivity index (χ4v) is 1.95. The van der Waals surface area contributed by atoms with E-state index in [0.29, 0.717) is 6.04 Å². The van der Waals surface area contributed by atoms with Crippen LogP contribution < -0.4 is 0 Å². The Labute approximate surface area is 91.1 Å². The standard InChI is InChI=1S/C11H20N2S/c1-9(7-14-5)13-6-10(12-8-13)11(2,3)4/h6,8-9H,7H2,1-5H3. The van der Waals surface area contributed by atoms with Crippen molar-refractivity contribution >= 4 is 11.8 Å². The molecule has 0 saturated carbocycles. The van der Waals surface area contributed by atoms with Crippen LogP contribution in [0, 0.1) is 0 Å². The second kappa shape index (κ2) is 4.39. The summed E-state index contributed by atoms with van der Waals surface area (Å²) >= 11 is 1.87. The number of hydrogen-bond acceptors (Lipinski definition) is 2. The van der Waals surface area contributed by atoms with Gasteiger partial charge in [-0.25, -0.2) is 4.98 Å². The smallest absolute Gasteiger partial charge is 0.0952 e. The van der Waals surface area contributed by atoms with Crippen molar-refractivity contribution in [3.63, 3.8) is 0 Å². The molecular formula is C11H20N2S. The first kappa shape index (κ1) is 11.6. The van der Waals surface area contributed by atoms with E-state index in [1.807, 2.05) is 18.1 Å². The van der Waals surface area contributed by atoms with Crippen LogP contribution in [0.5, 0.6) is 0 Å². The molecule has 2 nitrogen and oxygen atoms in total. The monoisotopic (exact) mass is 212 g/mol. The Morgan fingerprint density at radius 1 is 1.50 bits per heavy atom. The van der Waals surface area contributed by atoms with Gasteiger partial charge in [0, 0.05) is 23.4 Å². The Balaban J connectivity index is 2.78. The van der Waals surface area contributed by atoms with Gasteiger partial charge in [-0.1, -0.05) is 20.8 Å². The van der Waals surface area contributed by atoms with Gasteiger partial charge < -0.3 is 4.57 Å². The minimum absolute atomic E-state index is 0.157. The van der Waals surface area contributed by atoms with Crippen LogP contribution in [0.4, 0.5) is 0 Å². The molecule has 0 spiro atoms. The zero-order valence-electron chi connectivity index (χ0n) is 9.74. The fourth-order valence-electron chi connectivity index (χ4n) is 1.29. The Morgan fingerprint density at radius 2 is 2.14 bits per heavy atom. The van der Waals surface area contributed by atoms with E-state index in [-0.39, 0.29) is 5.41 Å². The van der Waals surface area contributed by atoms with E-state index < -0.39 is 0 Å². The molecular weight excluding hydrogens is 192 g/mol. The first-order valence-corrected chi connectivity index (χ1v) is 6.37. The van der Waals surface area contributed by atoms with Crippen molar-refractivity contribution in [1.82, 2.24) is 9.55 Å². The second-order valence-corrected chi connectivity index (χ2v) is 5.67. The minimum Gasteiger partial charge on any atom is -0.334 e. The third-order valence-corrected chi connectivity index (χ3v) is 3.10. The van der Waals surface area contributed by atoms with Crippen LogP contribution in [-0.4, -0.2) is 21.6 Å². The Hall–Kier alpha value is -0.440. The number of hydrogen-bond donors (Lipinski definition) is 0. The largest absolute Gasteiger partial charge is 0.334 e. The minimum atomic E-state index is 0.157. The SMILES string of the molecule is CSCC(C)n1cnc(C(C)(C)C)c1. The maximum atomic E-state index is 4.44. The highest BCUT2D eigenvalue weighted by atomic mass is 32.2. The first-order valence-electron chi connectivity index (χ1n) is 4.98. The average Bonchev–Trinajstić information content (AvgIpc) is 2.51. The Kier molecular flexibility index (Phi) is 3.65. The van der Waals surface area contributed by atoms with Crippen molar-refractivity contribution in [2.75, 3.05) is 12.0 Å². The van der Waals surface area contributed by atoms with Crippen molar-refractivity contribution in [2.24, 2.45) is 0 Å². The van der Waals surface area contributed by atoms with Crippen LogP contribution in [0.2, 0.25) is 0 Å². The van der Waals surface area contributed by atoms with E-state index in [1.165, 1.54) is 5.69 Å². The van der Waals surface area contributed by atoms with Gasteiger partial charge in [0.25, 0.3) is 0 Å². The van der Waals surface area contributed by atoms with Gasteiger partial charge in [-0.05, 0) is 13.2 Å². The molecule has 0 radical (unpaired) electrons. The lowest BCUT2D eigenvalue weighted by atomic mass is 9.93. The molecule has 0 fully saturated rings. The summed E-state index contributed by atoms with van der Waals surface area (Å²) in [5.74, 6) is 1.14. The first-order chi connectivity index (χ1) is 6.45. The quantitative estimate of drug-likeness (QED) is 0.766. The van der Waals surface area contributed by atoms with Crippen molar-refractivity contribution in [2.45, 2.75) is 39.2 Å². The molecule has 3 heteroatoms. The predicted molar refractivity (Wildman–Crippen MR) is 64.0 cm³/mol. The number of thioether (sulfide) groups is 1. The molecule has 1 atom stereocenters. The topological polar surface area (TPSA) is 17.8 Å². The molecule has 0 aliphatic rings. The van der Waals surface area contributed by atoms with Crippen molar-refractivity contribution in [1.29, 1.82) is 0 Å². The highest BCUT2D eigenvalue weighted by Gasteiger charge is 2.17. The van der Waals surface area contributed by atoms with Gasteiger partial charge in [0.1, 0.15) is 0 Å². The second-order valence-electron chi connectivity index (χ2n) is 4.76. The third-order valence-electron chi connectivity index (χ3n) is 2.29. The molecule has 14 heavy (non-hydrogen) atoms. The van der Waals surface area contributed by atoms with Crippen LogP contribution in [0.1, 0.15) is 39.4 Å². The van der Waals surface area contributed by atoms with Crippen LogP contribution in [0.15, 0.2) is 12.5 Å². The summed E-state index contributed by atoms with van der Waals surface area (Å²) in [6, 6.07) is 0.536. The molecule has 0 saturated heterocycles. The van der Waals surface area contributed by atoms with Gasteiger partial charge in [-0.15, -0.1) is 0 Å². The lowest BCUT2D eigenvalue weighted by molar-refractivity contribution is 0.566. The highest BCUT2D eigenvalue weighted by Crippen LogP contribution is 2.21. The summed E-state index contributed by atoms with van der Waals surface area (Å²) in [5.41, 5.74) is 1.33. The highest BCUT2D eigenvalue weighted by molar-refractivity contribution is 7.98. The van der Waals surface area contributed by atoms with Gasteiger partial charge >= 0.3 is 0 Å². The number of nitrogens with zero attached hydrogens (tertiary/aromatic N) is 2. The van der Waals surface area contributed by atoms with Crippen LogP contribution >= 0.6 is 11.8 Å². The molecule has 1 heterocycles. The molecule has 1 aromatic heterocycles. The van der Waals surface area contributed by atoms with Gasteiger partial charge in [0.15, 0.2) is 0 Å². The molecule has 0 N–H and O–H groups in total. The third kappa shape index (κ3) is 2.77. The van der Waals surface area contributed by atoms with Crippen LogP contribution in [0.3, 0.4) is 0 Å². The Morgan fingerprint density at radius 3 is 2.57 bits per heavy atom. The molecule has 1 aromatic rings. The molecule has 0 aliphatic carbocycles. The summed E-state index contributed by atoms with van der Waals surface area (Å²) in [6.07, 6.45) is 6.25. The Bertz CT molecular complexity index is 286. The molecule has 80 valence electrons. The van der Waals surface area contributed by atoms with Crippen molar-refractivity contribution < 1.29 is 0 Å². The van der Waals surface area contributed by atoms with Crippen LogP contribution in [-0.2, 0) is 5.41 Å². The van der Waals surface area contributed by atoms with E-state index in [4.69, 9.17) is 0 Å². The maximum Gasteiger partial charge on any atom is 0.0952 e. The zero-order chi connectivity index (χ0) is 10.8. The number of aromatic nitrogens is 2. The normalized spacial score (nSPS) is 14.4. The van der Waals surface area contributed by atoms with E-state index >= 15 is 0 Å². The van der Waals surface area contributed by atoms with E-state index in [9.17, 15) is 0 Å². The number of rotatable bonds is 3. The van der Waals surface area contributed by atoms with Crippen LogP contribution in [0.25, 0.3) is 0 Å². The summed E-state index contributed by atoms with van der Waals surface area (Å²) < 4.78 is 2.21. The lowest BCUT2D eigenvalue weighted by Gasteiger charge is -2.15. The number of imidazole rings is 1. The van der Waals surface area contributed by atoms with E-state index in [0.717, 1.165) is 5.75 Å². The molecule has 0 aliphatic heterocycles. The molecule has 1 rings (SSSR count). The lowest BCUT2D eigenvalue weighted by Crippen LogP contribution is -2.12. The van der Waals surface area contributed by atoms with Crippen molar-refractivity contribution in [3.05, 3.63) is 18.2 Å². The molecule has 0 amide bonds. The average molecular weight is 212 g/mol. The summed E-state index contributed by atoms with van der Waals surface area (Å²) in [7, 11) is 0. The summed E-state index contributed by atoms with van der Waals surface area (Å²) in [4.78, 5) is 4.44. The fraction of sp³-hybridized carbons (Fsp3) is 0.727. The van der Waals surface area contributed by atoms with Gasteiger partial charge in [-0.3, -0.25) is 0 Å². The summed E-state index contributed by atoms with van der Waals surface area (Å²) in [5, 5.41) is 0. The van der Waals surface area contributed by atoms with E-state index in [2.05, 4.69) is 49.7 Å². The van der Waals surface area contributed by atoms with Gasteiger partial charge in [-0.2, -0.15) is 11.8 Å². The predicted octanol–water partition coefficient (Wildman–Crippen LogP) is 3.10. The van der Waals surface area contributed by atoms with Crippen molar-refractivity contribution in [3.8, 4) is 0 Å². The van der Waals surface area contributed by atoms with Gasteiger partial charge in [0.05, 0.1) is 12.0 Å².